The van der Waals surface area contributed by atoms with Gasteiger partial charge in [0.25, 0.3) is 0 Å². The first-order chi connectivity index (χ1) is 40.6. The third-order valence-corrected chi connectivity index (χ3v) is 13.3. The van der Waals surface area contributed by atoms with Gasteiger partial charge in [-0.3, -0.25) is 67.9 Å². The van der Waals surface area contributed by atoms with Gasteiger partial charge in [0.1, 0.15) is 54.4 Å². The number of primary amides is 1. The lowest BCUT2D eigenvalue weighted by atomic mass is 10.0. The topological polar surface area (TPSA) is 635 Å². The number of nitrogens with one attached hydrogen (secondary N) is 9. The number of nitrogens with two attached hydrogens (primary N) is 11. The second kappa shape index (κ2) is 44.5. The molecule has 0 saturated heterocycles. The quantitative estimate of drug-likeness (QED) is 0.0153. The maximum absolute atomic E-state index is 14.5. The Morgan fingerprint density at radius 1 is 0.384 bits per heavy atom. The van der Waals surface area contributed by atoms with Crippen molar-refractivity contribution in [1.29, 1.82) is 0 Å². The molecule has 0 aliphatic rings. The zero-order chi connectivity index (χ0) is 65.3. The molecule has 0 aromatic heterocycles. The molecule has 0 saturated carbocycles. The highest BCUT2D eigenvalue weighted by Crippen LogP contribution is 2.12. The van der Waals surface area contributed by atoms with E-state index in [-0.39, 0.29) is 127 Å². The average molecular weight is 1240 g/mol. The average Bonchev–Trinajstić information content (AvgIpc) is 3.38. The Hall–Kier alpha value is -7.99. The van der Waals surface area contributed by atoms with Crippen LogP contribution in [-0.2, 0) is 47.9 Å². The fourth-order valence-corrected chi connectivity index (χ4v) is 8.56. The molecule has 86 heavy (non-hydrogen) atoms. The lowest BCUT2D eigenvalue weighted by Gasteiger charge is -2.28. The Bertz CT molecular complexity index is 2280. The number of hydrogen-bond acceptors (Lipinski definition) is 18. The van der Waals surface area contributed by atoms with Crippen LogP contribution in [0.2, 0.25) is 0 Å². The Morgan fingerprint density at radius 2 is 0.651 bits per heavy atom. The Balaban J connectivity index is 7.13. The van der Waals surface area contributed by atoms with E-state index in [4.69, 9.17) is 63.1 Å². The maximum atomic E-state index is 14.5. The molecule has 0 unspecified atom stereocenters. The molecular formula is C50H98N24O11S. The molecule has 32 N–H and O–H groups in total. The van der Waals surface area contributed by atoms with Crippen molar-refractivity contribution in [3.63, 3.8) is 0 Å². The number of carbonyl (C=O) groups is 10. The van der Waals surface area contributed by atoms with Gasteiger partial charge < -0.3 is 116 Å². The summed E-state index contributed by atoms with van der Waals surface area (Å²) in [5.74, 6) is -8.70. The molecule has 0 heterocycles. The van der Waals surface area contributed by atoms with Crippen molar-refractivity contribution in [2.45, 2.75) is 178 Å². The smallest absolute Gasteiger partial charge is 0.243 e. The number of guanidine groups is 4. The first-order valence-electron chi connectivity index (χ1n) is 28.4. The van der Waals surface area contributed by atoms with Crippen LogP contribution < -0.4 is 111 Å². The highest BCUT2D eigenvalue weighted by Gasteiger charge is 2.35. The van der Waals surface area contributed by atoms with Crippen LogP contribution in [0.3, 0.4) is 0 Å². The van der Waals surface area contributed by atoms with E-state index in [0.717, 1.165) is 0 Å². The summed E-state index contributed by atoms with van der Waals surface area (Å²) in [5.41, 5.74) is 60.9. The van der Waals surface area contributed by atoms with Crippen molar-refractivity contribution in [3.8, 4) is 0 Å². The number of thioether (sulfide) groups is 1. The molecule has 0 bridgehead atoms. The van der Waals surface area contributed by atoms with Gasteiger partial charge in [0.05, 0.1) is 6.10 Å². The second-order valence-corrected chi connectivity index (χ2v) is 21.1. The van der Waals surface area contributed by atoms with Crippen LogP contribution in [-0.4, -0.2) is 200 Å². The second-order valence-electron chi connectivity index (χ2n) is 20.1. The zero-order valence-electron chi connectivity index (χ0n) is 49.9. The summed E-state index contributed by atoms with van der Waals surface area (Å²) in [6.07, 6.45) is 2.30. The number of unbranched alkanes of at least 4 members (excludes halogenated alkanes) is 2. The minimum absolute atomic E-state index is 0.000650. The SMILES string of the molecule is CSCC[C@H](NC(=O)[C@H](C)NC(=O)[C@H](CCCN=C(N)N)NC(C)=O)C(=O)N[C@@H](CCCN=C(N)N)C(=O)N[C@@H](CCCN=C(N)N)C(=O)N[C@@H](CCCCN)C(=O)N[C@@H](CCCCN)C(=O)N[C@@H](CCCN=C(N)N)C(=O)N[C@H](C(N)=O)[C@@H](C)O. The van der Waals surface area contributed by atoms with Crippen molar-refractivity contribution in [3.05, 3.63) is 0 Å². The van der Waals surface area contributed by atoms with E-state index < -0.39 is 120 Å². The number of rotatable bonds is 46. The number of hydrogen-bond donors (Lipinski definition) is 21. The maximum Gasteiger partial charge on any atom is 0.243 e. The van der Waals surface area contributed by atoms with Crippen molar-refractivity contribution in [2.24, 2.45) is 83.0 Å². The van der Waals surface area contributed by atoms with Gasteiger partial charge in [-0.05, 0) is 135 Å². The monoisotopic (exact) mass is 1240 g/mol. The van der Waals surface area contributed by atoms with Crippen molar-refractivity contribution in [2.75, 3.05) is 51.3 Å². The number of carbonyl (C=O) groups excluding carboxylic acids is 10. The van der Waals surface area contributed by atoms with E-state index in [2.05, 4.69) is 67.8 Å². The van der Waals surface area contributed by atoms with Gasteiger partial charge in [-0.2, -0.15) is 11.8 Å². The predicted octanol–water partition coefficient (Wildman–Crippen LogP) is -8.52. The molecule has 0 aromatic carbocycles. The molecule has 0 aliphatic heterocycles. The molecule has 10 amide bonds. The first-order valence-corrected chi connectivity index (χ1v) is 29.8. The molecule has 0 aromatic rings. The summed E-state index contributed by atoms with van der Waals surface area (Å²) in [4.78, 5) is 152. The van der Waals surface area contributed by atoms with Crippen LogP contribution in [0.1, 0.15) is 117 Å². The molecule has 0 rings (SSSR count). The summed E-state index contributed by atoms with van der Waals surface area (Å²) < 4.78 is 0. The van der Waals surface area contributed by atoms with Crippen LogP contribution in [0.25, 0.3) is 0 Å². The molecule has 0 radical (unpaired) electrons. The van der Waals surface area contributed by atoms with E-state index in [1.165, 1.54) is 32.5 Å². The highest BCUT2D eigenvalue weighted by molar-refractivity contribution is 7.98. The van der Waals surface area contributed by atoms with Crippen LogP contribution in [0.4, 0.5) is 0 Å². The standard InChI is InChI=1S/C50H98N24O11S/c1-27(66-40(79)30(67-29(3)76)15-9-22-62-47(54)55)39(78)68-36(19-26-86-4)45(84)72-34(17-11-24-64-49(58)59)44(83)71-33(16-10-23-63-48(56)57)43(82)70-31(13-5-7-20-51)41(80)69-32(14-6-8-21-52)42(81)73-35(18-12-25-65-50(60)61)46(85)74-37(28(2)75)38(53)77/h27-28,30-37,75H,5-26,51-52H2,1-4H3,(H2,53,77)(H,66,79)(H,67,76)(H,68,78)(H,69,80)(H,70,82)(H,71,83)(H,72,84)(H,73,81)(H,74,85)(H4,54,55,62)(H4,56,57,63)(H4,58,59,64)(H4,60,61,65)/t27-,28+,30-,31-,32-,33-,34-,35-,36-,37-/m0/s1. The van der Waals surface area contributed by atoms with Gasteiger partial charge in [0.15, 0.2) is 23.8 Å². The minimum Gasteiger partial charge on any atom is -0.391 e. The fraction of sp³-hybridized carbons (Fsp3) is 0.720. The van der Waals surface area contributed by atoms with Gasteiger partial charge in [-0.15, -0.1) is 0 Å². The Morgan fingerprint density at radius 3 is 0.919 bits per heavy atom. The van der Waals surface area contributed by atoms with Gasteiger partial charge >= 0.3 is 0 Å². The normalized spacial score (nSPS) is 14.3. The molecular weight excluding hydrogens is 1140 g/mol. The third kappa shape index (κ3) is 35.3. The molecule has 0 spiro atoms. The fourth-order valence-electron chi connectivity index (χ4n) is 8.08. The van der Waals surface area contributed by atoms with Crippen LogP contribution in [0, 0.1) is 0 Å². The van der Waals surface area contributed by atoms with Crippen LogP contribution in [0.5, 0.6) is 0 Å². The van der Waals surface area contributed by atoms with E-state index in [1.54, 1.807) is 6.26 Å². The third-order valence-electron chi connectivity index (χ3n) is 12.6. The molecule has 490 valence electrons. The van der Waals surface area contributed by atoms with E-state index >= 15 is 0 Å². The summed E-state index contributed by atoms with van der Waals surface area (Å²) in [6.45, 7) is 4.48. The molecule has 0 aliphatic carbocycles. The molecule has 10 atom stereocenters. The largest absolute Gasteiger partial charge is 0.391 e. The summed E-state index contributed by atoms with van der Waals surface area (Å²) >= 11 is 1.36. The lowest BCUT2D eigenvalue weighted by Crippen LogP contribution is -2.60. The number of aliphatic hydroxyl groups excluding tert-OH is 1. The summed E-state index contributed by atoms with van der Waals surface area (Å²) in [5, 5.41) is 33.5. The lowest BCUT2D eigenvalue weighted by molar-refractivity contribution is -0.136. The molecule has 35 nitrogen and oxygen atoms in total. The van der Waals surface area contributed by atoms with E-state index in [1.807, 2.05) is 0 Å². The van der Waals surface area contributed by atoms with Gasteiger partial charge in [0.2, 0.25) is 59.1 Å². The van der Waals surface area contributed by atoms with Crippen molar-refractivity contribution >= 4 is 94.7 Å². The van der Waals surface area contributed by atoms with Crippen LogP contribution >= 0.6 is 11.8 Å². The predicted molar refractivity (Wildman–Crippen MR) is 328 cm³/mol. The van der Waals surface area contributed by atoms with Gasteiger partial charge in [-0.1, -0.05) is 0 Å². The van der Waals surface area contributed by atoms with Crippen LogP contribution in [0.15, 0.2) is 20.0 Å². The van der Waals surface area contributed by atoms with Crippen molar-refractivity contribution in [1.82, 2.24) is 47.9 Å². The molecule has 36 heteroatoms. The zero-order valence-corrected chi connectivity index (χ0v) is 50.7. The molecule has 0 fully saturated rings. The minimum atomic E-state index is -1.53. The number of aliphatic hydroxyl groups is 1. The summed E-state index contributed by atoms with van der Waals surface area (Å²) in [7, 11) is 0. The Labute approximate surface area is 505 Å². The van der Waals surface area contributed by atoms with Gasteiger partial charge in [0, 0.05) is 33.1 Å². The summed E-state index contributed by atoms with van der Waals surface area (Å²) in [6, 6.07) is -12.0. The highest BCUT2D eigenvalue weighted by atomic mass is 32.2. The Kier molecular flexibility index (Phi) is 40.4. The van der Waals surface area contributed by atoms with Crippen molar-refractivity contribution < 1.29 is 53.1 Å². The van der Waals surface area contributed by atoms with Gasteiger partial charge in [-0.25, -0.2) is 0 Å². The number of nitrogens with zero attached hydrogens (tertiary/aromatic N) is 4. The first kappa shape index (κ1) is 78.0. The number of aliphatic imine (C=N–C) groups is 4. The van der Waals surface area contributed by atoms with E-state index in [9.17, 15) is 53.1 Å². The number of amides is 10. The van der Waals surface area contributed by atoms with E-state index in [0.29, 0.717) is 37.9 Å².